The van der Waals surface area contributed by atoms with E-state index in [4.69, 9.17) is 0 Å². The van der Waals surface area contributed by atoms with Crippen LogP contribution in [0.4, 0.5) is 0 Å². The second-order valence-corrected chi connectivity index (χ2v) is 2.59. The van der Waals surface area contributed by atoms with Gasteiger partial charge in [-0.1, -0.05) is 0 Å². The highest BCUT2D eigenvalue weighted by Crippen LogP contribution is 2.46. The molecule has 1 aliphatic carbocycles. The van der Waals surface area contributed by atoms with E-state index in [1.807, 2.05) is 0 Å². The van der Waals surface area contributed by atoms with Crippen molar-refractivity contribution in [3.8, 4) is 0 Å². The van der Waals surface area contributed by atoms with E-state index < -0.39 is 17.4 Å². The van der Waals surface area contributed by atoms with Gasteiger partial charge in [0.05, 0.1) is 12.6 Å². The molecule has 1 saturated carbocycles. The van der Waals surface area contributed by atoms with Crippen molar-refractivity contribution in [2.75, 3.05) is 6.61 Å². The minimum Gasteiger partial charge on any atom is -0.549 e. The van der Waals surface area contributed by atoms with Crippen molar-refractivity contribution in [2.45, 2.75) is 19.8 Å². The topological polar surface area (TPSA) is 66.4 Å². The Kier molecular flexibility index (Phi) is 1.85. The molecule has 0 spiro atoms. The Morgan fingerprint density at radius 2 is 2.09 bits per heavy atom. The molecule has 0 aromatic heterocycles. The fraction of sp³-hybridized carbons (Fsp3) is 0.714. The molecule has 0 aromatic rings. The molecule has 0 atom stereocenters. The van der Waals surface area contributed by atoms with E-state index in [0.717, 1.165) is 0 Å². The molecule has 0 aliphatic heterocycles. The molecule has 0 heterocycles. The van der Waals surface area contributed by atoms with Crippen LogP contribution in [0.15, 0.2) is 0 Å². The maximum atomic E-state index is 10.9. The summed E-state index contributed by atoms with van der Waals surface area (Å²) in [5.41, 5.74) is -1.30. The van der Waals surface area contributed by atoms with Crippen LogP contribution in [0.1, 0.15) is 19.8 Å². The second-order valence-electron chi connectivity index (χ2n) is 2.59. The molecule has 1 rings (SSSR count). The number of aliphatic carboxylic acids is 1. The van der Waals surface area contributed by atoms with Gasteiger partial charge in [0.25, 0.3) is 0 Å². The van der Waals surface area contributed by atoms with Gasteiger partial charge < -0.3 is 14.6 Å². The van der Waals surface area contributed by atoms with Gasteiger partial charge in [0, 0.05) is 0 Å². The molecule has 0 amide bonds. The number of ether oxygens (including phenoxy) is 1. The first-order valence-corrected chi connectivity index (χ1v) is 3.52. The van der Waals surface area contributed by atoms with E-state index in [-0.39, 0.29) is 6.61 Å². The third-order valence-corrected chi connectivity index (χ3v) is 1.81. The molecule has 11 heavy (non-hydrogen) atoms. The van der Waals surface area contributed by atoms with Crippen LogP contribution >= 0.6 is 0 Å². The SMILES string of the molecule is CCOC(=O)C1(C(=O)[O-])CC1. The van der Waals surface area contributed by atoms with Crippen LogP contribution in [0.3, 0.4) is 0 Å². The van der Waals surface area contributed by atoms with E-state index >= 15 is 0 Å². The fourth-order valence-corrected chi connectivity index (χ4v) is 0.886. The standard InChI is InChI=1S/C7H10O4/c1-2-11-6(10)7(3-4-7)5(8)9/h2-4H2,1H3,(H,8,9)/p-1. The van der Waals surface area contributed by atoms with Gasteiger partial charge in [-0.05, 0) is 19.8 Å². The molecule has 1 aliphatic rings. The van der Waals surface area contributed by atoms with Gasteiger partial charge in [0.1, 0.15) is 5.41 Å². The average molecular weight is 157 g/mol. The van der Waals surface area contributed by atoms with Gasteiger partial charge in [0.15, 0.2) is 0 Å². The van der Waals surface area contributed by atoms with Crippen LogP contribution in [-0.4, -0.2) is 18.5 Å². The third kappa shape index (κ3) is 1.20. The van der Waals surface area contributed by atoms with Crippen molar-refractivity contribution < 1.29 is 19.4 Å². The van der Waals surface area contributed by atoms with Gasteiger partial charge in [-0.15, -0.1) is 0 Å². The van der Waals surface area contributed by atoms with E-state index in [9.17, 15) is 14.7 Å². The van der Waals surface area contributed by atoms with Gasteiger partial charge in [-0.2, -0.15) is 0 Å². The van der Waals surface area contributed by atoms with E-state index in [1.165, 1.54) is 0 Å². The zero-order valence-corrected chi connectivity index (χ0v) is 6.25. The molecule has 0 radical (unpaired) electrons. The first-order chi connectivity index (χ1) is 5.13. The van der Waals surface area contributed by atoms with Crippen molar-refractivity contribution in [2.24, 2.45) is 5.41 Å². The highest BCUT2D eigenvalue weighted by Gasteiger charge is 2.52. The Labute approximate surface area is 64.2 Å². The summed E-state index contributed by atoms with van der Waals surface area (Å²) in [7, 11) is 0. The third-order valence-electron chi connectivity index (χ3n) is 1.81. The molecule has 1 fully saturated rings. The Bertz CT molecular complexity index is 193. The number of esters is 1. The lowest BCUT2D eigenvalue weighted by molar-refractivity contribution is -0.312. The fourth-order valence-electron chi connectivity index (χ4n) is 0.886. The summed E-state index contributed by atoms with van der Waals surface area (Å²) >= 11 is 0. The van der Waals surface area contributed by atoms with Crippen LogP contribution in [-0.2, 0) is 14.3 Å². The average Bonchev–Trinajstić information content (AvgIpc) is 2.66. The molecule has 4 heteroatoms. The molecule has 62 valence electrons. The van der Waals surface area contributed by atoms with Crippen LogP contribution in [0.2, 0.25) is 0 Å². The number of hydrogen-bond donors (Lipinski definition) is 0. The van der Waals surface area contributed by atoms with Crippen molar-refractivity contribution in [3.05, 3.63) is 0 Å². The minimum absolute atomic E-state index is 0.216. The van der Waals surface area contributed by atoms with Crippen molar-refractivity contribution in [1.82, 2.24) is 0 Å². The second kappa shape index (κ2) is 2.53. The number of hydrogen-bond acceptors (Lipinski definition) is 4. The molecular formula is C7H9O4-. The van der Waals surface area contributed by atoms with Crippen LogP contribution in [0, 0.1) is 5.41 Å². The summed E-state index contributed by atoms with van der Waals surface area (Å²) < 4.78 is 4.57. The monoisotopic (exact) mass is 157 g/mol. The largest absolute Gasteiger partial charge is 0.549 e. The molecule has 0 aromatic carbocycles. The summed E-state index contributed by atoms with van der Waals surface area (Å²) in [6.07, 6.45) is 0.711. The minimum atomic E-state index is -1.31. The van der Waals surface area contributed by atoms with Gasteiger partial charge in [0.2, 0.25) is 0 Å². The molecule has 0 unspecified atom stereocenters. The van der Waals surface area contributed by atoms with E-state index in [1.54, 1.807) is 6.92 Å². The number of carboxylic acid groups (broad SMARTS) is 1. The summed E-state index contributed by atoms with van der Waals surface area (Å²) in [5, 5.41) is 10.4. The lowest BCUT2D eigenvalue weighted by atomic mass is 10.1. The van der Waals surface area contributed by atoms with Gasteiger partial charge in [-0.3, -0.25) is 4.79 Å². The van der Waals surface area contributed by atoms with Crippen LogP contribution in [0.5, 0.6) is 0 Å². The molecule has 0 N–H and O–H groups in total. The lowest BCUT2D eigenvalue weighted by Crippen LogP contribution is -2.39. The number of rotatable bonds is 3. The quantitative estimate of drug-likeness (QED) is 0.392. The van der Waals surface area contributed by atoms with Crippen LogP contribution < -0.4 is 5.11 Å². The maximum absolute atomic E-state index is 10.9. The Hall–Kier alpha value is -1.06. The van der Waals surface area contributed by atoms with Crippen molar-refractivity contribution >= 4 is 11.9 Å². The van der Waals surface area contributed by atoms with E-state index in [0.29, 0.717) is 12.8 Å². The lowest BCUT2D eigenvalue weighted by Gasteiger charge is -2.13. The molecule has 0 bridgehead atoms. The smallest absolute Gasteiger partial charge is 0.317 e. The van der Waals surface area contributed by atoms with Crippen molar-refractivity contribution in [3.63, 3.8) is 0 Å². The van der Waals surface area contributed by atoms with Crippen molar-refractivity contribution in [1.29, 1.82) is 0 Å². The Morgan fingerprint density at radius 3 is 2.36 bits per heavy atom. The number of carbonyl (C=O) groups excluding carboxylic acids is 2. The molecule has 0 saturated heterocycles. The number of carbonyl (C=O) groups is 2. The van der Waals surface area contributed by atoms with Gasteiger partial charge >= 0.3 is 5.97 Å². The highest BCUT2D eigenvalue weighted by molar-refractivity contribution is 6.01. The predicted octanol–water partition coefficient (Wildman–Crippen LogP) is -0.920. The first kappa shape index (κ1) is 8.04. The van der Waals surface area contributed by atoms with E-state index in [2.05, 4.69) is 4.74 Å². The number of carboxylic acids is 1. The Morgan fingerprint density at radius 1 is 1.55 bits per heavy atom. The highest BCUT2D eigenvalue weighted by atomic mass is 16.5. The van der Waals surface area contributed by atoms with Crippen LogP contribution in [0.25, 0.3) is 0 Å². The summed E-state index contributed by atoms with van der Waals surface area (Å²) in [5.74, 6) is -1.96. The zero-order valence-electron chi connectivity index (χ0n) is 6.25. The molecular weight excluding hydrogens is 148 g/mol. The first-order valence-electron chi connectivity index (χ1n) is 3.52. The summed E-state index contributed by atoms with van der Waals surface area (Å²) in [6.45, 7) is 1.86. The normalized spacial score (nSPS) is 19.0. The summed E-state index contributed by atoms with van der Waals surface area (Å²) in [6, 6.07) is 0. The molecule has 4 nitrogen and oxygen atoms in total. The maximum Gasteiger partial charge on any atom is 0.317 e. The predicted molar refractivity (Wildman–Crippen MR) is 33.3 cm³/mol. The summed E-state index contributed by atoms with van der Waals surface area (Å²) in [4.78, 5) is 21.3. The zero-order chi connectivity index (χ0) is 8.48. The van der Waals surface area contributed by atoms with Gasteiger partial charge in [-0.25, -0.2) is 0 Å². The Balaban J connectivity index is 2.58.